The van der Waals surface area contributed by atoms with E-state index in [2.05, 4.69) is 50.3 Å². The Labute approximate surface area is 110 Å². The number of hydrogen-bond donors (Lipinski definition) is 0. The third-order valence-electron chi connectivity index (χ3n) is 4.64. The lowest BCUT2D eigenvalue weighted by Gasteiger charge is -2.23. The van der Waals surface area contributed by atoms with Crippen molar-refractivity contribution in [2.24, 2.45) is 29.6 Å². The Morgan fingerprint density at radius 3 is 2.40 bits per heavy atom. The minimum Gasteiger partial charge on any atom is -0.0861 e. The van der Waals surface area contributed by atoms with Crippen molar-refractivity contribution >= 4 is 22.6 Å². The van der Waals surface area contributed by atoms with Crippen molar-refractivity contribution in [1.82, 2.24) is 0 Å². The maximum Gasteiger partial charge on any atom is 0.00288 e. The summed E-state index contributed by atoms with van der Waals surface area (Å²) in [6.45, 7) is 9.59. The van der Waals surface area contributed by atoms with Crippen molar-refractivity contribution in [2.45, 2.75) is 53.4 Å². The molecule has 0 amide bonds. The Bertz CT molecular complexity index is 176. The maximum absolute atomic E-state index is 2.59. The summed E-state index contributed by atoms with van der Waals surface area (Å²) in [5.41, 5.74) is 0. The van der Waals surface area contributed by atoms with Crippen LogP contribution in [0.4, 0.5) is 0 Å². The van der Waals surface area contributed by atoms with Crippen LogP contribution in [0.15, 0.2) is 0 Å². The lowest BCUT2D eigenvalue weighted by atomic mass is 9.84. The predicted octanol–water partition coefficient (Wildman–Crippen LogP) is 5.16. The zero-order chi connectivity index (χ0) is 11.4. The van der Waals surface area contributed by atoms with Gasteiger partial charge in [-0.05, 0) is 42.4 Å². The third kappa shape index (κ3) is 3.90. The van der Waals surface area contributed by atoms with Crippen LogP contribution in [-0.4, -0.2) is 4.43 Å². The summed E-state index contributed by atoms with van der Waals surface area (Å²) in [5.74, 6) is 4.82. The third-order valence-corrected chi connectivity index (χ3v) is 5.66. The van der Waals surface area contributed by atoms with E-state index in [1.807, 2.05) is 0 Å². The van der Waals surface area contributed by atoms with E-state index < -0.39 is 0 Å². The molecule has 0 radical (unpaired) electrons. The maximum atomic E-state index is 2.59. The molecule has 1 fully saturated rings. The summed E-state index contributed by atoms with van der Waals surface area (Å²) in [4.78, 5) is 0. The molecule has 0 heterocycles. The fourth-order valence-electron chi connectivity index (χ4n) is 2.82. The van der Waals surface area contributed by atoms with Gasteiger partial charge in [-0.1, -0.05) is 63.1 Å². The number of rotatable bonds is 5. The normalized spacial score (nSPS) is 33.6. The minimum absolute atomic E-state index is 0.863. The Morgan fingerprint density at radius 1 is 1.20 bits per heavy atom. The van der Waals surface area contributed by atoms with Gasteiger partial charge in [-0.3, -0.25) is 0 Å². The molecule has 4 atom stereocenters. The second-order valence-electron chi connectivity index (χ2n) is 5.93. The number of alkyl halides is 1. The number of hydrogen-bond acceptors (Lipinski definition) is 0. The van der Waals surface area contributed by atoms with Crippen LogP contribution in [0, 0.1) is 29.6 Å². The summed E-state index contributed by atoms with van der Waals surface area (Å²) < 4.78 is 1.37. The van der Waals surface area contributed by atoms with Gasteiger partial charge in [-0.25, -0.2) is 0 Å². The SMILES string of the molecule is CC(C)C(C)CCC1CCC(C)[C@H]1CI. The number of halogens is 1. The second kappa shape index (κ2) is 6.46. The smallest absolute Gasteiger partial charge is 0.00288 e. The van der Waals surface area contributed by atoms with Crippen LogP contribution in [-0.2, 0) is 0 Å². The first-order valence-electron chi connectivity index (χ1n) is 6.62. The van der Waals surface area contributed by atoms with Crippen molar-refractivity contribution in [3.63, 3.8) is 0 Å². The average Bonchev–Trinajstić information content (AvgIpc) is 2.55. The first kappa shape index (κ1) is 13.8. The summed E-state index contributed by atoms with van der Waals surface area (Å²) >= 11 is 2.59. The Kier molecular flexibility index (Phi) is 5.94. The van der Waals surface area contributed by atoms with Gasteiger partial charge in [0.25, 0.3) is 0 Å². The van der Waals surface area contributed by atoms with Crippen molar-refractivity contribution in [3.8, 4) is 0 Å². The standard InChI is InChI=1S/C14H27I/c1-10(2)11(3)5-7-13-8-6-12(4)14(13)9-15/h10-14H,5-9H2,1-4H3/t11?,12?,13?,14-/m1/s1. The molecule has 0 spiro atoms. The zero-order valence-corrected chi connectivity index (χ0v) is 13.0. The summed E-state index contributed by atoms with van der Waals surface area (Å²) in [6.07, 6.45) is 5.91. The minimum atomic E-state index is 0.863. The van der Waals surface area contributed by atoms with Crippen molar-refractivity contribution in [1.29, 1.82) is 0 Å². The molecule has 1 saturated carbocycles. The van der Waals surface area contributed by atoms with Crippen molar-refractivity contribution < 1.29 is 0 Å². The van der Waals surface area contributed by atoms with Gasteiger partial charge in [-0.15, -0.1) is 0 Å². The lowest BCUT2D eigenvalue weighted by molar-refractivity contribution is 0.296. The molecular weight excluding hydrogens is 295 g/mol. The monoisotopic (exact) mass is 322 g/mol. The van der Waals surface area contributed by atoms with Crippen LogP contribution in [0.2, 0.25) is 0 Å². The molecule has 1 rings (SSSR count). The summed E-state index contributed by atoms with van der Waals surface area (Å²) in [5, 5.41) is 0. The molecule has 0 aromatic carbocycles. The van der Waals surface area contributed by atoms with E-state index in [-0.39, 0.29) is 0 Å². The Balaban J connectivity index is 2.32. The van der Waals surface area contributed by atoms with Gasteiger partial charge in [0.05, 0.1) is 0 Å². The van der Waals surface area contributed by atoms with Crippen LogP contribution in [0.1, 0.15) is 53.4 Å². The molecule has 90 valence electrons. The predicted molar refractivity (Wildman–Crippen MR) is 77.5 cm³/mol. The van der Waals surface area contributed by atoms with Crippen molar-refractivity contribution in [3.05, 3.63) is 0 Å². The Hall–Kier alpha value is 0.730. The first-order chi connectivity index (χ1) is 7.06. The van der Waals surface area contributed by atoms with E-state index in [1.54, 1.807) is 0 Å². The fraction of sp³-hybridized carbons (Fsp3) is 1.00. The fourth-order valence-corrected chi connectivity index (χ4v) is 4.40. The van der Waals surface area contributed by atoms with E-state index in [0.29, 0.717) is 0 Å². The van der Waals surface area contributed by atoms with E-state index in [4.69, 9.17) is 0 Å². The molecule has 1 heteroatoms. The molecule has 1 aliphatic rings. The van der Waals surface area contributed by atoms with E-state index in [9.17, 15) is 0 Å². The van der Waals surface area contributed by atoms with Gasteiger partial charge in [0.1, 0.15) is 0 Å². The summed E-state index contributed by atoms with van der Waals surface area (Å²) in [7, 11) is 0. The van der Waals surface area contributed by atoms with Gasteiger partial charge in [0.15, 0.2) is 0 Å². The van der Waals surface area contributed by atoms with Gasteiger partial charge in [-0.2, -0.15) is 0 Å². The molecule has 0 nitrogen and oxygen atoms in total. The molecule has 0 bridgehead atoms. The highest BCUT2D eigenvalue weighted by Crippen LogP contribution is 2.41. The highest BCUT2D eigenvalue weighted by Gasteiger charge is 2.32. The molecule has 0 aromatic rings. The highest BCUT2D eigenvalue weighted by molar-refractivity contribution is 14.1. The van der Waals surface area contributed by atoms with Gasteiger partial charge in [0.2, 0.25) is 0 Å². The molecule has 0 saturated heterocycles. The topological polar surface area (TPSA) is 0 Å². The molecule has 0 aliphatic heterocycles. The molecule has 0 N–H and O–H groups in total. The van der Waals surface area contributed by atoms with Crippen LogP contribution >= 0.6 is 22.6 Å². The second-order valence-corrected chi connectivity index (χ2v) is 6.81. The van der Waals surface area contributed by atoms with E-state index in [1.165, 1.54) is 30.1 Å². The average molecular weight is 322 g/mol. The summed E-state index contributed by atoms with van der Waals surface area (Å²) in [6, 6.07) is 0. The molecule has 15 heavy (non-hydrogen) atoms. The van der Waals surface area contributed by atoms with Crippen LogP contribution in [0.25, 0.3) is 0 Å². The first-order valence-corrected chi connectivity index (χ1v) is 8.14. The molecule has 1 aliphatic carbocycles. The molecular formula is C14H27I. The van der Waals surface area contributed by atoms with Crippen molar-refractivity contribution in [2.75, 3.05) is 4.43 Å². The van der Waals surface area contributed by atoms with Gasteiger partial charge < -0.3 is 0 Å². The zero-order valence-electron chi connectivity index (χ0n) is 10.8. The van der Waals surface area contributed by atoms with E-state index in [0.717, 1.165) is 29.6 Å². The molecule has 3 unspecified atom stereocenters. The van der Waals surface area contributed by atoms with Crippen LogP contribution in [0.3, 0.4) is 0 Å². The van der Waals surface area contributed by atoms with Crippen LogP contribution in [0.5, 0.6) is 0 Å². The van der Waals surface area contributed by atoms with Crippen LogP contribution < -0.4 is 0 Å². The van der Waals surface area contributed by atoms with Gasteiger partial charge >= 0.3 is 0 Å². The lowest BCUT2D eigenvalue weighted by Crippen LogP contribution is -2.16. The Morgan fingerprint density at radius 2 is 1.87 bits per heavy atom. The largest absolute Gasteiger partial charge is 0.0861 e. The molecule has 0 aromatic heterocycles. The quantitative estimate of drug-likeness (QED) is 0.485. The van der Waals surface area contributed by atoms with Gasteiger partial charge in [0, 0.05) is 4.43 Å². The van der Waals surface area contributed by atoms with E-state index >= 15 is 0 Å². The highest BCUT2D eigenvalue weighted by atomic mass is 127.